The van der Waals surface area contributed by atoms with Crippen LogP contribution in [0, 0.1) is 63.7 Å². The summed E-state index contributed by atoms with van der Waals surface area (Å²) in [7, 11) is 3.41. The zero-order chi connectivity index (χ0) is 23.3. The maximum absolute atomic E-state index is 5.42. The van der Waals surface area contributed by atoms with Crippen LogP contribution in [-0.4, -0.2) is 24.0 Å². The van der Waals surface area contributed by atoms with Crippen molar-refractivity contribution in [2.24, 2.45) is 0 Å². The van der Waals surface area contributed by atoms with Gasteiger partial charge in [-0.1, -0.05) is 12.1 Å². The molecule has 1 heterocycles. The number of fused-ring (bicyclic) bond motifs is 3. The van der Waals surface area contributed by atoms with Gasteiger partial charge in [0, 0.05) is 17.0 Å². The van der Waals surface area contributed by atoms with E-state index in [2.05, 4.69) is 54.6 Å². The second-order valence-corrected chi connectivity index (χ2v) is 8.34. The molecule has 0 unspecified atom stereocenters. The average Bonchev–Trinajstić information content (AvgIpc) is 3.67. The molecule has 3 aliphatic carbocycles. The minimum absolute atomic E-state index is 0. The molecule has 4 nitrogen and oxygen atoms in total. The summed E-state index contributed by atoms with van der Waals surface area (Å²) in [6, 6.07) is 14.5. The maximum atomic E-state index is 5.42. The standard InChI is InChI=1S/C25H23N2O2.C5H5.Fe/c1-28-20-10-7-17(8-11-20)16-27-25(18-5-3-4-6-18)23-13-9-19-15-21(29-2)12-14-22(19)24(23)26-27;1-2-4-5-3-1;/h3-8,10-12,14-15H,9,13,16H2,1-2H3;1-5H;/q;;+2. The van der Waals surface area contributed by atoms with Crippen LogP contribution in [0.25, 0.3) is 11.3 Å². The maximum Gasteiger partial charge on any atom is 2.00 e. The Hall–Kier alpha value is -2.23. The Morgan fingerprint density at radius 3 is 2.03 bits per heavy atom. The van der Waals surface area contributed by atoms with Crippen molar-refractivity contribution in [1.29, 1.82) is 0 Å². The Kier molecular flexibility index (Phi) is 8.97. The summed E-state index contributed by atoms with van der Waals surface area (Å²) in [5.41, 5.74) is 7.38. The molecule has 35 heavy (non-hydrogen) atoms. The number of rotatable bonds is 5. The first-order valence-electron chi connectivity index (χ1n) is 11.6. The van der Waals surface area contributed by atoms with Gasteiger partial charge in [0.1, 0.15) is 11.5 Å². The van der Waals surface area contributed by atoms with Crippen molar-refractivity contribution in [2.75, 3.05) is 14.2 Å². The second kappa shape index (κ2) is 12.1. The van der Waals surface area contributed by atoms with Crippen LogP contribution in [0.15, 0.2) is 42.5 Å². The van der Waals surface area contributed by atoms with Crippen molar-refractivity contribution < 1.29 is 26.5 Å². The van der Waals surface area contributed by atoms with Gasteiger partial charge in [0.25, 0.3) is 0 Å². The number of benzene rings is 2. The average molecular weight is 504 g/mol. The molecule has 176 valence electrons. The normalized spacial score (nSPS) is 16.5. The Labute approximate surface area is 220 Å². The predicted molar refractivity (Wildman–Crippen MR) is 135 cm³/mol. The first kappa shape index (κ1) is 25.9. The predicted octanol–water partition coefficient (Wildman–Crippen LogP) is 5.49. The van der Waals surface area contributed by atoms with Crippen molar-refractivity contribution in [3.63, 3.8) is 0 Å². The summed E-state index contributed by atoms with van der Waals surface area (Å²) in [5, 5.41) is 5.09. The molecule has 0 amide bonds. The molecule has 3 aromatic rings. The molecule has 0 atom stereocenters. The molecule has 5 heteroatoms. The third-order valence-corrected chi connectivity index (χ3v) is 6.25. The van der Waals surface area contributed by atoms with Crippen molar-refractivity contribution >= 4 is 0 Å². The molecule has 0 saturated heterocycles. The van der Waals surface area contributed by atoms with E-state index in [0.717, 1.165) is 36.6 Å². The fourth-order valence-electron chi connectivity index (χ4n) is 4.54. The third kappa shape index (κ3) is 5.78. The zero-order valence-corrected chi connectivity index (χ0v) is 21.0. The summed E-state index contributed by atoms with van der Waals surface area (Å²) in [6.45, 7) is 0.725. The van der Waals surface area contributed by atoms with Crippen molar-refractivity contribution in [3.8, 4) is 22.8 Å². The molecule has 0 aliphatic heterocycles. The number of nitrogens with zero attached hydrogens (tertiary/aromatic N) is 2. The van der Waals surface area contributed by atoms with Gasteiger partial charge >= 0.3 is 17.1 Å². The molecule has 2 fully saturated rings. The largest absolute Gasteiger partial charge is 2.00 e. The summed E-state index contributed by atoms with van der Waals surface area (Å²) < 4.78 is 12.9. The molecule has 2 aromatic carbocycles. The van der Waals surface area contributed by atoms with Crippen LogP contribution in [0.4, 0.5) is 0 Å². The van der Waals surface area contributed by atoms with Crippen LogP contribution in [0.5, 0.6) is 11.5 Å². The number of aryl methyl sites for hydroxylation is 1. The molecule has 2 saturated carbocycles. The van der Waals surface area contributed by atoms with Gasteiger partial charge < -0.3 is 9.47 Å². The van der Waals surface area contributed by atoms with Gasteiger partial charge in [-0.25, -0.2) is 0 Å². The molecule has 1 aromatic heterocycles. The minimum atomic E-state index is 0. The van der Waals surface area contributed by atoms with E-state index >= 15 is 0 Å². The van der Waals surface area contributed by atoms with E-state index in [1.807, 2.05) is 50.3 Å². The molecule has 0 spiro atoms. The van der Waals surface area contributed by atoms with E-state index in [9.17, 15) is 0 Å². The van der Waals surface area contributed by atoms with Gasteiger partial charge in [0.15, 0.2) is 0 Å². The molecular formula is C30H28FeN2O2+2. The Morgan fingerprint density at radius 2 is 1.40 bits per heavy atom. The van der Waals surface area contributed by atoms with Gasteiger partial charge in [-0.05, 0) is 112 Å². The van der Waals surface area contributed by atoms with Gasteiger partial charge in [-0.3, -0.25) is 4.68 Å². The fraction of sp³-hybridized carbons (Fsp3) is 0.167. The molecule has 6 rings (SSSR count). The Bertz CT molecular complexity index is 1090. The molecule has 0 N–H and O–H groups in total. The second-order valence-electron chi connectivity index (χ2n) is 8.34. The smallest absolute Gasteiger partial charge is 0.497 e. The van der Waals surface area contributed by atoms with Crippen LogP contribution in [0.3, 0.4) is 0 Å². The van der Waals surface area contributed by atoms with Crippen molar-refractivity contribution in [1.82, 2.24) is 9.78 Å². The summed E-state index contributed by atoms with van der Waals surface area (Å²) in [4.78, 5) is 0. The van der Waals surface area contributed by atoms with Gasteiger partial charge in [0.05, 0.1) is 32.2 Å². The SMILES string of the molecule is COc1ccc(Cn2nc3c(c2[C]2[CH][CH][CH][CH]2)CCc2cc(OC)ccc2-3)cc1.[CH]1[CH][CH][CH][CH]1.[Fe+2]. The molecule has 0 bridgehead atoms. The van der Waals surface area contributed by atoms with Gasteiger partial charge in [-0.2, -0.15) is 5.10 Å². The fourth-order valence-corrected chi connectivity index (χ4v) is 4.54. The number of ether oxygens (including phenoxy) is 2. The Morgan fingerprint density at radius 1 is 0.771 bits per heavy atom. The number of methoxy groups -OCH3 is 2. The first-order valence-corrected chi connectivity index (χ1v) is 11.6. The van der Waals surface area contributed by atoms with Gasteiger partial charge in [-0.15, -0.1) is 0 Å². The summed E-state index contributed by atoms with van der Waals surface area (Å²) >= 11 is 0. The number of hydrogen-bond acceptors (Lipinski definition) is 3. The van der Waals surface area contributed by atoms with Crippen LogP contribution >= 0.6 is 0 Å². The van der Waals surface area contributed by atoms with Crippen molar-refractivity contribution in [2.45, 2.75) is 19.4 Å². The molecule has 3 aliphatic rings. The van der Waals surface area contributed by atoms with Crippen LogP contribution in [-0.2, 0) is 36.5 Å². The topological polar surface area (TPSA) is 36.3 Å². The summed E-state index contributed by atoms with van der Waals surface area (Å²) in [5.74, 6) is 3.00. The molecule has 10 radical (unpaired) electrons. The van der Waals surface area contributed by atoms with E-state index in [0.29, 0.717) is 0 Å². The number of aromatic nitrogens is 2. The van der Waals surface area contributed by atoms with Crippen LogP contribution in [0.1, 0.15) is 22.4 Å². The zero-order valence-electron chi connectivity index (χ0n) is 19.9. The first-order chi connectivity index (χ1) is 16.8. The summed E-state index contributed by atoms with van der Waals surface area (Å²) in [6.07, 6.45) is 20.5. The van der Waals surface area contributed by atoms with Crippen LogP contribution < -0.4 is 9.47 Å². The Balaban J connectivity index is 0.000000431. The quantitative estimate of drug-likeness (QED) is 0.432. The van der Waals surface area contributed by atoms with E-state index in [1.165, 1.54) is 33.9 Å². The van der Waals surface area contributed by atoms with E-state index < -0.39 is 0 Å². The minimum Gasteiger partial charge on any atom is -0.497 e. The van der Waals surface area contributed by atoms with E-state index in [1.54, 1.807) is 14.2 Å². The van der Waals surface area contributed by atoms with Crippen molar-refractivity contribution in [3.05, 3.63) is 129 Å². The van der Waals surface area contributed by atoms with Crippen LogP contribution in [0.2, 0.25) is 0 Å². The third-order valence-electron chi connectivity index (χ3n) is 6.25. The van der Waals surface area contributed by atoms with Gasteiger partial charge in [0.2, 0.25) is 0 Å². The van der Waals surface area contributed by atoms with E-state index in [-0.39, 0.29) is 17.1 Å². The van der Waals surface area contributed by atoms with E-state index in [4.69, 9.17) is 14.6 Å². The monoisotopic (exact) mass is 504 g/mol. The molecular weight excluding hydrogens is 476 g/mol. The number of hydrogen-bond donors (Lipinski definition) is 0.